The molecule has 0 aliphatic heterocycles. The predicted octanol–water partition coefficient (Wildman–Crippen LogP) is 4.45. The molecule has 0 amide bonds. The molecule has 0 bridgehead atoms. The Morgan fingerprint density at radius 1 is 0.895 bits per heavy atom. The molecule has 0 radical (unpaired) electrons. The van der Waals surface area contributed by atoms with Gasteiger partial charge in [-0.05, 0) is 49.2 Å². The first kappa shape index (κ1) is 25.2. The Morgan fingerprint density at radius 2 is 1.63 bits per heavy atom. The molecule has 0 spiro atoms. The van der Waals surface area contributed by atoms with Gasteiger partial charge in [0.25, 0.3) is 5.56 Å². The van der Waals surface area contributed by atoms with Crippen LogP contribution in [0.5, 0.6) is 0 Å². The predicted molar refractivity (Wildman–Crippen MR) is 151 cm³/mol. The van der Waals surface area contributed by atoms with Gasteiger partial charge in [0.2, 0.25) is 0 Å². The molecule has 2 aromatic heterocycles. The minimum absolute atomic E-state index is 0.118. The van der Waals surface area contributed by atoms with E-state index in [-0.39, 0.29) is 17.9 Å². The molecule has 3 aromatic carbocycles. The maximum absolute atomic E-state index is 13.6. The first-order valence-corrected chi connectivity index (χ1v) is 12.6. The Balaban J connectivity index is 1.56. The van der Waals surface area contributed by atoms with Crippen molar-refractivity contribution in [2.24, 2.45) is 0 Å². The van der Waals surface area contributed by atoms with Gasteiger partial charge in [-0.2, -0.15) is 4.68 Å². The summed E-state index contributed by atoms with van der Waals surface area (Å²) in [5.74, 6) is 0.552. The number of rotatable bonds is 8. The van der Waals surface area contributed by atoms with Crippen LogP contribution in [0.25, 0.3) is 22.1 Å². The second kappa shape index (κ2) is 10.5. The van der Waals surface area contributed by atoms with Gasteiger partial charge in [0.05, 0.1) is 23.7 Å². The number of aromatic nitrogens is 4. The molecule has 0 N–H and O–H groups in total. The lowest BCUT2D eigenvalue weighted by Gasteiger charge is -2.19. The highest BCUT2D eigenvalue weighted by Gasteiger charge is 2.17. The van der Waals surface area contributed by atoms with Gasteiger partial charge in [0, 0.05) is 37.6 Å². The van der Waals surface area contributed by atoms with Crippen LogP contribution in [-0.4, -0.2) is 33.0 Å². The lowest BCUT2D eigenvalue weighted by atomic mass is 10.1. The minimum Gasteiger partial charge on any atom is -0.376 e. The second-order valence-corrected chi connectivity index (χ2v) is 9.43. The standard InChI is InChI=1S/C30H31N5O3/c1-5-33-28(20-38-19-22-12-7-6-8-13-22)31-35(30(33)37)23-15-16-24-25(17-23)27(32(3)4)18-34(29(24)36)26-14-10-9-11-21(26)2/h6-18H,5,19-20H2,1-4H3. The van der Waals surface area contributed by atoms with Gasteiger partial charge in [-0.15, -0.1) is 5.10 Å². The lowest BCUT2D eigenvalue weighted by molar-refractivity contribution is 0.0989. The Hall–Kier alpha value is -4.43. The molecular weight excluding hydrogens is 478 g/mol. The van der Waals surface area contributed by atoms with Gasteiger partial charge >= 0.3 is 5.69 Å². The molecule has 0 aliphatic rings. The van der Waals surface area contributed by atoms with Crippen LogP contribution in [0.15, 0.2) is 88.6 Å². The van der Waals surface area contributed by atoms with Gasteiger partial charge in [-0.25, -0.2) is 4.79 Å². The Bertz CT molecular complexity index is 1710. The van der Waals surface area contributed by atoms with Crippen LogP contribution < -0.4 is 16.1 Å². The second-order valence-electron chi connectivity index (χ2n) is 9.43. The third-order valence-electron chi connectivity index (χ3n) is 6.68. The maximum atomic E-state index is 13.6. The summed E-state index contributed by atoms with van der Waals surface area (Å²) in [6.45, 7) is 5.01. The topological polar surface area (TPSA) is 74.3 Å². The van der Waals surface area contributed by atoms with E-state index in [4.69, 9.17) is 4.74 Å². The number of anilines is 1. The Labute approximate surface area is 221 Å². The molecule has 5 rings (SSSR count). The molecule has 0 aliphatic carbocycles. The zero-order valence-corrected chi connectivity index (χ0v) is 22.1. The fourth-order valence-corrected chi connectivity index (χ4v) is 4.68. The molecule has 0 saturated carbocycles. The van der Waals surface area contributed by atoms with E-state index in [1.165, 1.54) is 4.68 Å². The van der Waals surface area contributed by atoms with E-state index in [1.807, 2.05) is 99.7 Å². The summed E-state index contributed by atoms with van der Waals surface area (Å²) in [5.41, 5.74) is 3.99. The largest absolute Gasteiger partial charge is 0.376 e. The summed E-state index contributed by atoms with van der Waals surface area (Å²) in [5, 5.41) is 5.93. The van der Waals surface area contributed by atoms with Crippen molar-refractivity contribution in [2.75, 3.05) is 19.0 Å². The number of ether oxygens (including phenoxy) is 1. The van der Waals surface area contributed by atoms with Gasteiger partial charge in [-0.1, -0.05) is 48.5 Å². The summed E-state index contributed by atoms with van der Waals surface area (Å²) in [7, 11) is 3.88. The maximum Gasteiger partial charge on any atom is 0.350 e. The van der Waals surface area contributed by atoms with Crippen LogP contribution in [0, 0.1) is 6.92 Å². The summed E-state index contributed by atoms with van der Waals surface area (Å²) in [4.78, 5) is 28.8. The number of aryl methyl sites for hydroxylation is 1. The third kappa shape index (κ3) is 4.66. The summed E-state index contributed by atoms with van der Waals surface area (Å²) in [6, 6.07) is 23.1. The van der Waals surface area contributed by atoms with Crippen LogP contribution in [0.1, 0.15) is 23.9 Å². The zero-order chi connectivity index (χ0) is 26.8. The zero-order valence-electron chi connectivity index (χ0n) is 22.1. The van der Waals surface area contributed by atoms with Crippen molar-refractivity contribution in [3.63, 3.8) is 0 Å². The third-order valence-corrected chi connectivity index (χ3v) is 6.68. The fourth-order valence-electron chi connectivity index (χ4n) is 4.68. The van der Waals surface area contributed by atoms with Gasteiger partial charge < -0.3 is 9.64 Å². The number of fused-ring (bicyclic) bond motifs is 1. The molecule has 0 fully saturated rings. The average molecular weight is 510 g/mol. The first-order chi connectivity index (χ1) is 18.4. The molecule has 8 heteroatoms. The van der Waals surface area contributed by atoms with Gasteiger partial charge in [-0.3, -0.25) is 13.9 Å². The molecular formula is C30H31N5O3. The lowest BCUT2D eigenvalue weighted by Crippen LogP contribution is -2.25. The number of hydrogen-bond donors (Lipinski definition) is 0. The summed E-state index contributed by atoms with van der Waals surface area (Å²) in [6.07, 6.45) is 1.85. The van der Waals surface area contributed by atoms with E-state index >= 15 is 0 Å². The molecule has 38 heavy (non-hydrogen) atoms. The highest BCUT2D eigenvalue weighted by molar-refractivity contribution is 5.95. The van der Waals surface area contributed by atoms with E-state index in [2.05, 4.69) is 5.10 Å². The van der Waals surface area contributed by atoms with Gasteiger partial charge in [0.1, 0.15) is 6.61 Å². The van der Waals surface area contributed by atoms with E-state index in [1.54, 1.807) is 21.3 Å². The Kier molecular flexibility index (Phi) is 6.98. The van der Waals surface area contributed by atoms with Crippen LogP contribution >= 0.6 is 0 Å². The average Bonchev–Trinajstić information content (AvgIpc) is 3.24. The normalized spacial score (nSPS) is 11.3. The minimum atomic E-state index is -0.246. The van der Waals surface area contributed by atoms with Crippen molar-refractivity contribution in [3.8, 4) is 11.4 Å². The number of pyridine rings is 1. The molecule has 5 aromatic rings. The highest BCUT2D eigenvalue weighted by atomic mass is 16.5. The molecule has 0 unspecified atom stereocenters. The van der Waals surface area contributed by atoms with E-state index in [0.29, 0.717) is 30.0 Å². The van der Waals surface area contributed by atoms with Crippen LogP contribution in [-0.2, 0) is 24.5 Å². The SMILES string of the molecule is CCn1c(COCc2ccccc2)nn(-c2ccc3c(=O)n(-c4ccccc4C)cc(N(C)C)c3c2)c1=O. The molecule has 0 atom stereocenters. The monoisotopic (exact) mass is 509 g/mol. The van der Waals surface area contributed by atoms with Crippen molar-refractivity contribution >= 4 is 16.5 Å². The van der Waals surface area contributed by atoms with E-state index in [0.717, 1.165) is 27.9 Å². The smallest absolute Gasteiger partial charge is 0.350 e. The molecule has 0 saturated heterocycles. The summed E-state index contributed by atoms with van der Waals surface area (Å²) < 4.78 is 10.5. The quantitative estimate of drug-likeness (QED) is 0.309. The van der Waals surface area contributed by atoms with E-state index in [9.17, 15) is 9.59 Å². The number of nitrogens with zero attached hydrogens (tertiary/aromatic N) is 5. The van der Waals surface area contributed by atoms with Crippen LogP contribution in [0.3, 0.4) is 0 Å². The fraction of sp³-hybridized carbons (Fsp3) is 0.233. The number of hydrogen-bond acceptors (Lipinski definition) is 5. The van der Waals surface area contributed by atoms with Gasteiger partial charge in [0.15, 0.2) is 5.82 Å². The molecule has 8 nitrogen and oxygen atoms in total. The molecule has 2 heterocycles. The molecule has 194 valence electrons. The van der Waals surface area contributed by atoms with E-state index < -0.39 is 0 Å². The first-order valence-electron chi connectivity index (χ1n) is 12.6. The van der Waals surface area contributed by atoms with Crippen molar-refractivity contribution in [1.82, 2.24) is 18.9 Å². The summed E-state index contributed by atoms with van der Waals surface area (Å²) >= 11 is 0. The van der Waals surface area contributed by atoms with Crippen LogP contribution in [0.4, 0.5) is 5.69 Å². The van der Waals surface area contributed by atoms with Crippen molar-refractivity contribution < 1.29 is 4.74 Å². The van der Waals surface area contributed by atoms with Crippen molar-refractivity contribution in [1.29, 1.82) is 0 Å². The highest BCUT2D eigenvalue weighted by Crippen LogP contribution is 2.27. The number of para-hydroxylation sites is 1. The Morgan fingerprint density at radius 3 is 2.34 bits per heavy atom. The van der Waals surface area contributed by atoms with Crippen LogP contribution in [0.2, 0.25) is 0 Å². The van der Waals surface area contributed by atoms with Crippen molar-refractivity contribution in [3.05, 3.63) is 117 Å². The van der Waals surface area contributed by atoms with Crippen molar-refractivity contribution in [2.45, 2.75) is 33.6 Å². The number of benzene rings is 3.